The first kappa shape index (κ1) is 5.63. The molecule has 0 atom stereocenters. The molecule has 0 aromatic rings. The van der Waals surface area contributed by atoms with Crippen LogP contribution < -0.4 is 0 Å². The highest BCUT2D eigenvalue weighted by molar-refractivity contribution is 4.80. The van der Waals surface area contributed by atoms with Gasteiger partial charge in [0, 0.05) is 13.8 Å². The fourth-order valence-electron chi connectivity index (χ4n) is 0.534. The molecule has 0 saturated carbocycles. The number of ether oxygens (including phenoxy) is 2. The van der Waals surface area contributed by atoms with Crippen LogP contribution in [0.2, 0.25) is 0 Å². The smallest absolute Gasteiger partial charge is 0.204 e. The zero-order chi connectivity index (χ0) is 6.04. The van der Waals surface area contributed by atoms with Crippen molar-refractivity contribution < 1.29 is 9.47 Å². The van der Waals surface area contributed by atoms with Crippen molar-refractivity contribution in [3.8, 4) is 0 Å². The molecule has 46 valence electrons. The first-order chi connectivity index (χ1) is 3.71. The fourth-order valence-corrected chi connectivity index (χ4v) is 0.534. The average Bonchev–Trinajstić information content (AvgIpc) is 1.65. The van der Waals surface area contributed by atoms with E-state index in [1.807, 2.05) is 19.9 Å². The Labute approximate surface area is 49.1 Å². The van der Waals surface area contributed by atoms with E-state index in [0.29, 0.717) is 6.61 Å². The Balaban J connectivity index is 2.50. The van der Waals surface area contributed by atoms with Gasteiger partial charge in [-0.15, -0.1) is 0 Å². The molecule has 0 aliphatic carbocycles. The summed E-state index contributed by atoms with van der Waals surface area (Å²) in [7, 11) is 0. The van der Waals surface area contributed by atoms with E-state index in [0.717, 1.165) is 0 Å². The molecule has 0 radical (unpaired) electrons. The van der Waals surface area contributed by atoms with Crippen molar-refractivity contribution >= 4 is 0 Å². The molecule has 8 heavy (non-hydrogen) atoms. The summed E-state index contributed by atoms with van der Waals surface area (Å²) < 4.78 is 10.2. The van der Waals surface area contributed by atoms with E-state index < -0.39 is 5.79 Å². The van der Waals surface area contributed by atoms with Crippen LogP contribution in [0, 0.1) is 0 Å². The number of rotatable bonds is 0. The van der Waals surface area contributed by atoms with Crippen LogP contribution in [0.25, 0.3) is 0 Å². The Hall–Kier alpha value is -0.500. The van der Waals surface area contributed by atoms with Crippen molar-refractivity contribution in [2.75, 3.05) is 6.61 Å². The second kappa shape index (κ2) is 1.78. The molecule has 0 unspecified atom stereocenters. The molecule has 0 bridgehead atoms. The van der Waals surface area contributed by atoms with Gasteiger partial charge >= 0.3 is 0 Å². The van der Waals surface area contributed by atoms with E-state index in [1.54, 1.807) is 6.26 Å². The van der Waals surface area contributed by atoms with Crippen LogP contribution in [0.5, 0.6) is 0 Å². The van der Waals surface area contributed by atoms with Gasteiger partial charge in [-0.1, -0.05) is 0 Å². The third kappa shape index (κ3) is 1.23. The summed E-state index contributed by atoms with van der Waals surface area (Å²) in [6.07, 6.45) is 3.51. The maximum atomic E-state index is 5.16. The highest BCUT2D eigenvalue weighted by Crippen LogP contribution is 2.14. The third-order valence-electron chi connectivity index (χ3n) is 0.975. The molecule has 1 aliphatic heterocycles. The van der Waals surface area contributed by atoms with Gasteiger partial charge in [0.1, 0.15) is 0 Å². The lowest BCUT2D eigenvalue weighted by atomic mass is 10.3. The summed E-state index contributed by atoms with van der Waals surface area (Å²) in [6, 6.07) is 0. The molecule has 1 rings (SSSR count). The Morgan fingerprint density at radius 2 is 2.25 bits per heavy atom. The van der Waals surface area contributed by atoms with Crippen LogP contribution in [0.15, 0.2) is 12.3 Å². The highest BCUT2D eigenvalue weighted by atomic mass is 16.7. The molecule has 2 heteroatoms. The van der Waals surface area contributed by atoms with Gasteiger partial charge in [0.05, 0.1) is 12.9 Å². The molecule has 1 aliphatic rings. The van der Waals surface area contributed by atoms with Crippen LogP contribution >= 0.6 is 0 Å². The zero-order valence-electron chi connectivity index (χ0n) is 5.18. The van der Waals surface area contributed by atoms with Gasteiger partial charge in [0.2, 0.25) is 5.79 Å². The van der Waals surface area contributed by atoms with Crippen molar-refractivity contribution in [2.24, 2.45) is 0 Å². The second-order valence-electron chi connectivity index (χ2n) is 2.20. The minimum atomic E-state index is -0.408. The lowest BCUT2D eigenvalue weighted by Crippen LogP contribution is -2.28. The van der Waals surface area contributed by atoms with Crippen molar-refractivity contribution in [3.63, 3.8) is 0 Å². The fraction of sp³-hybridized carbons (Fsp3) is 0.667. The normalized spacial score (nSPS) is 24.8. The largest absolute Gasteiger partial charge is 0.471 e. The van der Waals surface area contributed by atoms with Gasteiger partial charge in [-0.2, -0.15) is 0 Å². The SMILES string of the molecule is CC1(C)OC=CCO1. The summed E-state index contributed by atoms with van der Waals surface area (Å²) in [6.45, 7) is 4.43. The first-order valence-corrected chi connectivity index (χ1v) is 2.67. The molecule has 0 saturated heterocycles. The minimum absolute atomic E-state index is 0.408. The molecule has 0 aromatic carbocycles. The van der Waals surface area contributed by atoms with E-state index in [2.05, 4.69) is 0 Å². The van der Waals surface area contributed by atoms with Crippen molar-refractivity contribution in [2.45, 2.75) is 19.6 Å². The van der Waals surface area contributed by atoms with Crippen LogP contribution in [0.4, 0.5) is 0 Å². The van der Waals surface area contributed by atoms with E-state index in [1.165, 1.54) is 0 Å². The van der Waals surface area contributed by atoms with E-state index in [9.17, 15) is 0 Å². The molecule has 0 amide bonds. The molecule has 1 heterocycles. The van der Waals surface area contributed by atoms with Gasteiger partial charge in [0.15, 0.2) is 0 Å². The predicted octanol–water partition coefficient (Wildman–Crippen LogP) is 1.28. The minimum Gasteiger partial charge on any atom is -0.471 e. The Bertz CT molecular complexity index is 105. The van der Waals surface area contributed by atoms with Gasteiger partial charge in [0.25, 0.3) is 0 Å². The van der Waals surface area contributed by atoms with Crippen LogP contribution in [-0.4, -0.2) is 12.4 Å². The zero-order valence-corrected chi connectivity index (χ0v) is 5.18. The third-order valence-corrected chi connectivity index (χ3v) is 0.975. The van der Waals surface area contributed by atoms with Crippen molar-refractivity contribution in [3.05, 3.63) is 12.3 Å². The second-order valence-corrected chi connectivity index (χ2v) is 2.20. The highest BCUT2D eigenvalue weighted by Gasteiger charge is 2.19. The molecular weight excluding hydrogens is 104 g/mol. The Morgan fingerprint density at radius 3 is 2.50 bits per heavy atom. The van der Waals surface area contributed by atoms with Crippen LogP contribution in [0.1, 0.15) is 13.8 Å². The first-order valence-electron chi connectivity index (χ1n) is 2.67. The number of hydrogen-bond donors (Lipinski definition) is 0. The monoisotopic (exact) mass is 114 g/mol. The quantitative estimate of drug-likeness (QED) is 0.472. The van der Waals surface area contributed by atoms with E-state index >= 15 is 0 Å². The van der Waals surface area contributed by atoms with Gasteiger partial charge in [-0.3, -0.25) is 0 Å². The van der Waals surface area contributed by atoms with E-state index in [-0.39, 0.29) is 0 Å². The number of hydrogen-bond acceptors (Lipinski definition) is 2. The maximum Gasteiger partial charge on any atom is 0.204 e. The van der Waals surface area contributed by atoms with Crippen molar-refractivity contribution in [1.82, 2.24) is 0 Å². The molecule has 0 spiro atoms. The van der Waals surface area contributed by atoms with E-state index in [4.69, 9.17) is 9.47 Å². The molecule has 0 fully saturated rings. The van der Waals surface area contributed by atoms with Gasteiger partial charge < -0.3 is 9.47 Å². The van der Waals surface area contributed by atoms with Gasteiger partial charge in [-0.05, 0) is 6.08 Å². The standard InChI is InChI=1S/C6H10O2/c1-6(2)7-4-3-5-8-6/h3-4H,5H2,1-2H3. The van der Waals surface area contributed by atoms with Crippen LogP contribution in [0.3, 0.4) is 0 Å². The maximum absolute atomic E-state index is 5.16. The summed E-state index contributed by atoms with van der Waals surface area (Å²) in [5, 5.41) is 0. The molecular formula is C6H10O2. The molecule has 0 N–H and O–H groups in total. The van der Waals surface area contributed by atoms with Gasteiger partial charge in [-0.25, -0.2) is 0 Å². The Morgan fingerprint density at radius 1 is 1.50 bits per heavy atom. The lowest BCUT2D eigenvalue weighted by molar-refractivity contribution is -0.185. The van der Waals surface area contributed by atoms with Crippen molar-refractivity contribution in [1.29, 1.82) is 0 Å². The topological polar surface area (TPSA) is 18.5 Å². The Kier molecular flexibility index (Phi) is 1.26. The predicted molar refractivity (Wildman–Crippen MR) is 30.3 cm³/mol. The summed E-state index contributed by atoms with van der Waals surface area (Å²) >= 11 is 0. The summed E-state index contributed by atoms with van der Waals surface area (Å²) in [5.41, 5.74) is 0. The molecule has 2 nitrogen and oxygen atoms in total. The summed E-state index contributed by atoms with van der Waals surface area (Å²) in [4.78, 5) is 0. The summed E-state index contributed by atoms with van der Waals surface area (Å²) in [5.74, 6) is -0.408. The van der Waals surface area contributed by atoms with Crippen LogP contribution in [-0.2, 0) is 9.47 Å². The lowest BCUT2D eigenvalue weighted by Gasteiger charge is -2.26. The molecule has 0 aromatic heterocycles. The average molecular weight is 114 g/mol.